The van der Waals surface area contributed by atoms with Crippen molar-refractivity contribution >= 4 is 94.6 Å². The van der Waals surface area contributed by atoms with Gasteiger partial charge < -0.3 is 96.7 Å². The number of halogens is 6. The first kappa shape index (κ1) is 91.2. The van der Waals surface area contributed by atoms with Crippen molar-refractivity contribution in [2.45, 2.75) is 144 Å². The molecule has 112 heavy (non-hydrogen) atoms. The SMILES string of the molecule is N=C(N)NCCC[C@H](NC(=O)[C@@H]1CCCN1C(=O)[C@H](CCCNC(=N)N)NC(=O)[C@H](CC(N)=O)NC(=O)[C@H](CCC(N)=O)NC(=O)[C@H](Cc1ccccc1)NC(=O)[C@H](Cc1ccc(C(=O)c2ccccc2)cc1)NC(=O)Cc1ccccc1)C(=O)N[C@@H](Cc1ccc(O)cc1)C(N)=O.O=C(O)C(F)(F)F.O=C(O)C(F)(F)F. The lowest BCUT2D eigenvalue weighted by atomic mass is 9.98. The number of phenols is 1. The summed E-state index contributed by atoms with van der Waals surface area (Å²) in [6, 6.07) is 26.2. The van der Waals surface area contributed by atoms with Gasteiger partial charge in [-0.3, -0.25) is 68.4 Å². The van der Waals surface area contributed by atoms with Gasteiger partial charge in [0.15, 0.2) is 17.7 Å². The minimum Gasteiger partial charge on any atom is -0.508 e. The molecule has 0 bridgehead atoms. The van der Waals surface area contributed by atoms with Crippen LogP contribution in [0.3, 0.4) is 0 Å². The van der Waals surface area contributed by atoms with Crippen LogP contribution in [0.2, 0.25) is 0 Å². The summed E-state index contributed by atoms with van der Waals surface area (Å²) >= 11 is 0. The summed E-state index contributed by atoms with van der Waals surface area (Å²) in [5.41, 5.74) is 30.9. The van der Waals surface area contributed by atoms with Crippen molar-refractivity contribution in [2.24, 2.45) is 28.7 Å². The van der Waals surface area contributed by atoms with Crippen molar-refractivity contribution in [2.75, 3.05) is 19.6 Å². The molecule has 0 radical (unpaired) electrons. The Morgan fingerprint density at radius 2 is 0.839 bits per heavy atom. The van der Waals surface area contributed by atoms with Crippen LogP contribution in [0.1, 0.15) is 96.0 Å². The van der Waals surface area contributed by atoms with Gasteiger partial charge in [0, 0.05) is 56.4 Å². The van der Waals surface area contributed by atoms with Gasteiger partial charge >= 0.3 is 24.3 Å². The van der Waals surface area contributed by atoms with Crippen molar-refractivity contribution < 1.29 is 109 Å². The molecule has 34 nitrogen and oxygen atoms in total. The fourth-order valence-electron chi connectivity index (χ4n) is 10.9. The van der Waals surface area contributed by atoms with Crippen LogP contribution in [-0.2, 0) is 88.0 Å². The summed E-state index contributed by atoms with van der Waals surface area (Å²) in [6.45, 7) is 0.0812. The zero-order valence-corrected chi connectivity index (χ0v) is 59.9. The molecule has 8 atom stereocenters. The van der Waals surface area contributed by atoms with E-state index < -0.39 is 163 Å². The summed E-state index contributed by atoms with van der Waals surface area (Å²) in [5, 5.41) is 62.7. The van der Waals surface area contributed by atoms with E-state index in [4.69, 9.17) is 59.3 Å². The highest BCUT2D eigenvalue weighted by atomic mass is 19.4. The maximum absolute atomic E-state index is 14.8. The number of amides is 11. The highest BCUT2D eigenvalue weighted by Gasteiger charge is 2.42. The predicted molar refractivity (Wildman–Crippen MR) is 387 cm³/mol. The maximum Gasteiger partial charge on any atom is 0.490 e. The number of guanidine groups is 2. The fraction of sp³-hybridized carbons (Fsp3) is 0.361. The number of alkyl halides is 6. The van der Waals surface area contributed by atoms with Gasteiger partial charge in [0.25, 0.3) is 0 Å². The van der Waals surface area contributed by atoms with E-state index in [9.17, 15) is 89.0 Å². The molecule has 0 saturated carbocycles. The van der Waals surface area contributed by atoms with Crippen LogP contribution in [0.15, 0.2) is 140 Å². The number of carbonyl (C=O) groups excluding carboxylic acids is 12. The number of carbonyl (C=O) groups is 14. The Hall–Kier alpha value is -13.2. The number of nitrogens with zero attached hydrogens (tertiary/aromatic N) is 1. The number of nitrogens with one attached hydrogen (secondary N) is 11. The molecule has 5 aromatic rings. The van der Waals surface area contributed by atoms with Gasteiger partial charge in [-0.1, -0.05) is 127 Å². The van der Waals surface area contributed by atoms with Crippen molar-refractivity contribution in [3.63, 3.8) is 0 Å². The molecule has 6 rings (SSSR count). The lowest BCUT2D eigenvalue weighted by Gasteiger charge is -2.31. The molecule has 5 aromatic carbocycles. The van der Waals surface area contributed by atoms with E-state index in [1.54, 1.807) is 115 Å². The number of primary amides is 3. The lowest BCUT2D eigenvalue weighted by molar-refractivity contribution is -0.193. The van der Waals surface area contributed by atoms with Crippen LogP contribution in [-0.4, -0.2) is 195 Å². The number of hydrogen-bond acceptors (Lipinski definition) is 17. The summed E-state index contributed by atoms with van der Waals surface area (Å²) in [6.07, 6.45) is -12.3. The molecular formula is C72H87F6N17O17. The Morgan fingerprint density at radius 3 is 1.31 bits per heavy atom. The summed E-state index contributed by atoms with van der Waals surface area (Å²) in [4.78, 5) is 185. The zero-order valence-electron chi connectivity index (χ0n) is 59.9. The number of nitrogens with two attached hydrogens (primary N) is 5. The smallest absolute Gasteiger partial charge is 0.490 e. The monoisotopic (exact) mass is 1580 g/mol. The average Bonchev–Trinajstić information content (AvgIpc) is 1.64. The lowest BCUT2D eigenvalue weighted by Crippen LogP contribution is -2.61. The van der Waals surface area contributed by atoms with Crippen molar-refractivity contribution in [3.8, 4) is 5.75 Å². The first-order chi connectivity index (χ1) is 52.7. The van der Waals surface area contributed by atoms with Gasteiger partial charge in [-0.2, -0.15) is 26.3 Å². The van der Waals surface area contributed by atoms with Crippen molar-refractivity contribution in [1.82, 2.24) is 52.8 Å². The quantitative estimate of drug-likeness (QED) is 0.00793. The Labute approximate surface area is 635 Å². The second-order valence-corrected chi connectivity index (χ2v) is 25.1. The van der Waals surface area contributed by atoms with Crippen molar-refractivity contribution in [1.29, 1.82) is 10.8 Å². The zero-order chi connectivity index (χ0) is 83.4. The number of benzene rings is 5. The number of hydrogen-bond donors (Lipinski definition) is 19. The fourth-order valence-corrected chi connectivity index (χ4v) is 10.9. The second-order valence-electron chi connectivity index (χ2n) is 25.1. The largest absolute Gasteiger partial charge is 0.508 e. The highest BCUT2D eigenvalue weighted by Crippen LogP contribution is 2.22. The van der Waals surface area contributed by atoms with Crippen LogP contribution < -0.4 is 76.5 Å². The number of aliphatic carboxylic acids is 2. The standard InChI is InChI=1S/C68H85N17O13.2C2HF3O2/c69-55(87)31-30-48(79-63(95)52(36-40-13-4-1-5-14-40)83-62(94)51(78-57(89)38-41-15-6-2-7-16-41)37-42-22-26-45(27-23-42)58(90)44-17-8-3-9-18-44)61(93)84-53(39-56(70)88)64(96)81-49(20-11-33-77-68(74)75)66(98)85-34-12-21-54(85)65(97)80-47(19-10-32-76-67(72)73)60(92)82-50(59(71)91)35-43-24-28-46(86)29-25-43;2*3-2(4,5)1(6)7/h1-9,13-18,22-29,47-54,86H,10-12,19-21,30-39H2,(H2,69,87)(H2,70,88)(H2,71,91)(H,78,89)(H,79,95)(H,80,97)(H,81,96)(H,82,92)(H,83,94)(H,84,93)(H4,72,73,76)(H4,74,75,77);2*(H,6,7)/t47-,48-,49-,50-,51-,52-,53-,54-;;/m0../s1. The average molecular weight is 1580 g/mol. The number of carboxylic acid groups (broad SMARTS) is 2. The summed E-state index contributed by atoms with van der Waals surface area (Å²) in [7, 11) is 0. The van der Waals surface area contributed by atoms with E-state index >= 15 is 0 Å². The molecule has 604 valence electrons. The number of aromatic hydroxyl groups is 1. The maximum atomic E-state index is 14.8. The number of phenolic OH excluding ortho intramolecular Hbond substituents is 1. The van der Waals surface area contributed by atoms with Gasteiger partial charge in [-0.25, -0.2) is 9.59 Å². The van der Waals surface area contributed by atoms with Crippen LogP contribution in [0, 0.1) is 10.8 Å². The molecular weight excluding hydrogens is 1490 g/mol. The molecule has 11 amide bonds. The molecule has 0 spiro atoms. The molecule has 0 aliphatic carbocycles. The minimum absolute atomic E-state index is 0.0116. The Bertz CT molecular complexity index is 4070. The van der Waals surface area contributed by atoms with Crippen molar-refractivity contribution in [3.05, 3.63) is 173 Å². The molecule has 1 fully saturated rings. The van der Waals surface area contributed by atoms with E-state index in [2.05, 4.69) is 47.9 Å². The molecule has 0 aromatic heterocycles. The van der Waals surface area contributed by atoms with E-state index in [-0.39, 0.29) is 101 Å². The first-order valence-electron chi connectivity index (χ1n) is 34.3. The third-order valence-electron chi connectivity index (χ3n) is 16.4. The van der Waals surface area contributed by atoms with E-state index in [1.807, 2.05) is 0 Å². The molecule has 1 heterocycles. The topological polar surface area (TPSA) is 589 Å². The van der Waals surface area contributed by atoms with Crippen LogP contribution in [0.5, 0.6) is 5.75 Å². The molecule has 24 N–H and O–H groups in total. The Morgan fingerprint density at radius 1 is 0.455 bits per heavy atom. The summed E-state index contributed by atoms with van der Waals surface area (Å²) < 4.78 is 63.5. The minimum atomic E-state index is -5.08. The van der Waals surface area contributed by atoms with E-state index in [1.165, 1.54) is 29.2 Å². The van der Waals surface area contributed by atoms with Crippen LogP contribution >= 0.6 is 0 Å². The first-order valence-corrected chi connectivity index (χ1v) is 34.3. The summed E-state index contributed by atoms with van der Waals surface area (Å²) in [5.74, 6) is -16.6. The molecule has 1 aliphatic rings. The van der Waals surface area contributed by atoms with Gasteiger partial charge in [-0.05, 0) is 79.3 Å². The molecule has 0 unspecified atom stereocenters. The Kier molecular flexibility index (Phi) is 36.6. The van der Waals surface area contributed by atoms with Gasteiger partial charge in [-0.15, -0.1) is 0 Å². The normalized spacial score (nSPS) is 14.1. The third-order valence-corrected chi connectivity index (χ3v) is 16.4. The third kappa shape index (κ3) is 33.1. The number of ketones is 1. The number of rotatable bonds is 38. The predicted octanol–water partition coefficient (Wildman–Crippen LogP) is -0.302. The van der Waals surface area contributed by atoms with Gasteiger partial charge in [0.05, 0.1) is 12.8 Å². The van der Waals surface area contributed by atoms with Crippen LogP contribution in [0.4, 0.5) is 26.3 Å². The molecule has 40 heteroatoms. The number of likely N-dealkylation sites (tertiary alicyclic amines) is 1. The number of carboxylic acids is 2. The van der Waals surface area contributed by atoms with Crippen LogP contribution in [0.25, 0.3) is 0 Å². The van der Waals surface area contributed by atoms with E-state index in [0.29, 0.717) is 33.4 Å². The Balaban J connectivity index is 0.00000172. The van der Waals surface area contributed by atoms with Gasteiger partial charge in [0.2, 0.25) is 65.0 Å². The molecule has 1 saturated heterocycles. The van der Waals surface area contributed by atoms with E-state index in [0.717, 1.165) is 0 Å². The highest BCUT2D eigenvalue weighted by molar-refractivity contribution is 6.09. The van der Waals surface area contributed by atoms with Gasteiger partial charge in [0.1, 0.15) is 54.1 Å². The molecule has 1 aliphatic heterocycles. The second kappa shape index (κ2) is 44.9.